The van der Waals surface area contributed by atoms with Crippen LogP contribution in [0.4, 0.5) is 5.69 Å². The summed E-state index contributed by atoms with van der Waals surface area (Å²) < 4.78 is 5.79. The van der Waals surface area contributed by atoms with E-state index in [1.54, 1.807) is 6.20 Å². The number of hydrogen-bond donors (Lipinski definition) is 2. The third-order valence-electron chi connectivity index (χ3n) is 6.28. The van der Waals surface area contributed by atoms with Crippen LogP contribution in [0.25, 0.3) is 11.5 Å². The zero-order valence-corrected chi connectivity index (χ0v) is 16.2. The Hall–Kier alpha value is -2.14. The molecule has 2 saturated carbocycles. The van der Waals surface area contributed by atoms with Crippen molar-refractivity contribution in [3.05, 3.63) is 36.2 Å². The highest BCUT2D eigenvalue weighted by atomic mass is 16.4. The van der Waals surface area contributed by atoms with E-state index in [2.05, 4.69) is 24.1 Å². The quantitative estimate of drug-likeness (QED) is 0.830. The normalized spacial score (nSPS) is 27.6. The van der Waals surface area contributed by atoms with Gasteiger partial charge in [-0.3, -0.25) is 4.79 Å². The highest BCUT2D eigenvalue weighted by Gasteiger charge is 2.40. The zero-order chi connectivity index (χ0) is 19.0. The molecular weight excluding hydrogens is 338 g/mol. The van der Waals surface area contributed by atoms with Crippen LogP contribution in [0.2, 0.25) is 0 Å². The van der Waals surface area contributed by atoms with E-state index < -0.39 is 0 Å². The average molecular weight is 367 g/mol. The number of amides is 1. The van der Waals surface area contributed by atoms with Crippen molar-refractivity contribution in [1.29, 1.82) is 0 Å². The van der Waals surface area contributed by atoms with Gasteiger partial charge in [-0.05, 0) is 61.8 Å². The van der Waals surface area contributed by atoms with E-state index in [1.165, 1.54) is 19.3 Å². The third kappa shape index (κ3) is 3.79. The first-order chi connectivity index (χ1) is 13.0. The molecule has 1 heterocycles. The van der Waals surface area contributed by atoms with E-state index in [9.17, 15) is 4.79 Å². The second-order valence-corrected chi connectivity index (χ2v) is 8.49. The largest absolute Gasteiger partial charge is 0.441 e. The summed E-state index contributed by atoms with van der Waals surface area (Å²) in [5, 5.41) is 3.09. The second kappa shape index (κ2) is 7.47. The van der Waals surface area contributed by atoms with E-state index in [-0.39, 0.29) is 11.8 Å². The first-order valence-corrected chi connectivity index (χ1v) is 10.1. The fraction of sp³-hybridized carbons (Fsp3) is 0.545. The molecule has 5 nitrogen and oxygen atoms in total. The molecule has 2 unspecified atom stereocenters. The Balaban J connectivity index is 1.40. The number of hydrogen-bond acceptors (Lipinski definition) is 4. The molecule has 2 fully saturated rings. The predicted molar refractivity (Wildman–Crippen MR) is 106 cm³/mol. The van der Waals surface area contributed by atoms with Crippen molar-refractivity contribution in [1.82, 2.24) is 4.98 Å². The van der Waals surface area contributed by atoms with Gasteiger partial charge < -0.3 is 15.5 Å². The van der Waals surface area contributed by atoms with Crippen LogP contribution < -0.4 is 11.1 Å². The standard InChI is InChI=1S/C22H29N3O2/c1-13(2)19-12-24-22(27-19)14-6-8-18(9-7-14)25-21(26)17-10-15-4-3-5-16(11-17)20(15)23/h6-9,12-13,15-17,20H,3-5,10-11,23H2,1-2H3,(H,25,26). The molecule has 2 bridgehead atoms. The lowest BCUT2D eigenvalue weighted by Crippen LogP contribution is -2.48. The van der Waals surface area contributed by atoms with Crippen LogP contribution in [-0.2, 0) is 4.79 Å². The van der Waals surface area contributed by atoms with Gasteiger partial charge in [0.25, 0.3) is 0 Å². The summed E-state index contributed by atoms with van der Waals surface area (Å²) in [6.45, 7) is 4.16. The maximum Gasteiger partial charge on any atom is 0.227 e. The lowest BCUT2D eigenvalue weighted by Gasteiger charge is -2.43. The van der Waals surface area contributed by atoms with Crippen molar-refractivity contribution in [2.45, 2.75) is 57.9 Å². The van der Waals surface area contributed by atoms with Gasteiger partial charge in [0, 0.05) is 29.1 Å². The third-order valence-corrected chi connectivity index (χ3v) is 6.28. The minimum absolute atomic E-state index is 0.0834. The number of aromatic nitrogens is 1. The number of fused-ring (bicyclic) bond motifs is 2. The number of nitrogens with zero attached hydrogens (tertiary/aromatic N) is 1. The van der Waals surface area contributed by atoms with Gasteiger partial charge in [-0.2, -0.15) is 0 Å². The number of carbonyl (C=O) groups excluding carboxylic acids is 1. The molecule has 5 heteroatoms. The highest BCUT2D eigenvalue weighted by molar-refractivity contribution is 5.92. The van der Waals surface area contributed by atoms with Crippen molar-refractivity contribution in [3.63, 3.8) is 0 Å². The topological polar surface area (TPSA) is 81.2 Å². The Morgan fingerprint density at radius 1 is 1.19 bits per heavy atom. The van der Waals surface area contributed by atoms with Crippen LogP contribution in [0.5, 0.6) is 0 Å². The summed E-state index contributed by atoms with van der Waals surface area (Å²) in [4.78, 5) is 17.1. The van der Waals surface area contributed by atoms with Crippen LogP contribution in [0.3, 0.4) is 0 Å². The van der Waals surface area contributed by atoms with Gasteiger partial charge in [0.2, 0.25) is 11.8 Å². The summed E-state index contributed by atoms with van der Waals surface area (Å²) in [5.41, 5.74) is 8.08. The van der Waals surface area contributed by atoms with E-state index in [0.29, 0.717) is 29.7 Å². The molecule has 0 spiro atoms. The summed E-state index contributed by atoms with van der Waals surface area (Å²) >= 11 is 0. The Labute approximate surface area is 160 Å². The Kier molecular flexibility index (Phi) is 5.04. The molecule has 0 saturated heterocycles. The first-order valence-electron chi connectivity index (χ1n) is 10.1. The molecule has 2 aliphatic carbocycles. The Bertz CT molecular complexity index is 782. The van der Waals surface area contributed by atoms with Gasteiger partial charge in [0.15, 0.2) is 0 Å². The fourth-order valence-electron chi connectivity index (χ4n) is 4.63. The molecule has 4 rings (SSSR count). The van der Waals surface area contributed by atoms with Crippen LogP contribution in [-0.4, -0.2) is 16.9 Å². The minimum atomic E-state index is 0.0834. The van der Waals surface area contributed by atoms with Crippen molar-refractivity contribution in [2.24, 2.45) is 23.5 Å². The molecule has 1 aromatic heterocycles. The van der Waals surface area contributed by atoms with Gasteiger partial charge in [-0.15, -0.1) is 0 Å². The highest BCUT2D eigenvalue weighted by Crippen LogP contribution is 2.42. The van der Waals surface area contributed by atoms with Crippen molar-refractivity contribution >= 4 is 11.6 Å². The van der Waals surface area contributed by atoms with Crippen LogP contribution >= 0.6 is 0 Å². The molecule has 0 radical (unpaired) electrons. The lowest BCUT2D eigenvalue weighted by molar-refractivity contribution is -0.122. The molecule has 1 aromatic carbocycles. The van der Waals surface area contributed by atoms with Crippen molar-refractivity contribution in [2.75, 3.05) is 5.32 Å². The predicted octanol–water partition coefficient (Wildman–Crippen LogP) is 4.56. The number of oxazole rings is 1. The van der Waals surface area contributed by atoms with Crippen molar-refractivity contribution in [3.8, 4) is 11.5 Å². The molecule has 1 amide bonds. The van der Waals surface area contributed by atoms with E-state index in [1.807, 2.05) is 24.3 Å². The lowest BCUT2D eigenvalue weighted by atomic mass is 9.65. The zero-order valence-electron chi connectivity index (χ0n) is 16.2. The number of benzene rings is 1. The average Bonchev–Trinajstić information content (AvgIpc) is 3.12. The molecular formula is C22H29N3O2. The molecule has 144 valence electrons. The van der Waals surface area contributed by atoms with E-state index in [4.69, 9.17) is 10.2 Å². The van der Waals surface area contributed by atoms with Gasteiger partial charge in [-0.25, -0.2) is 4.98 Å². The summed E-state index contributed by atoms with van der Waals surface area (Å²) in [5.74, 6) is 3.04. The number of nitrogens with two attached hydrogens (primary N) is 1. The monoisotopic (exact) mass is 367 g/mol. The summed E-state index contributed by atoms with van der Waals surface area (Å²) in [6, 6.07) is 8.01. The van der Waals surface area contributed by atoms with Gasteiger partial charge in [0.1, 0.15) is 5.76 Å². The Morgan fingerprint density at radius 2 is 1.85 bits per heavy atom. The van der Waals surface area contributed by atoms with E-state index >= 15 is 0 Å². The maximum absolute atomic E-state index is 12.8. The second-order valence-electron chi connectivity index (χ2n) is 8.49. The molecule has 2 aromatic rings. The number of nitrogens with one attached hydrogen (secondary N) is 1. The van der Waals surface area contributed by atoms with Gasteiger partial charge in [-0.1, -0.05) is 20.3 Å². The minimum Gasteiger partial charge on any atom is -0.441 e. The maximum atomic E-state index is 12.8. The summed E-state index contributed by atoms with van der Waals surface area (Å²) in [7, 11) is 0. The van der Waals surface area contributed by atoms with Crippen molar-refractivity contribution < 1.29 is 9.21 Å². The number of rotatable bonds is 4. The molecule has 3 N–H and O–H groups in total. The van der Waals surface area contributed by atoms with Gasteiger partial charge in [0.05, 0.1) is 6.20 Å². The summed E-state index contributed by atoms with van der Waals surface area (Å²) in [6.07, 6.45) is 7.24. The molecule has 0 aliphatic heterocycles. The van der Waals surface area contributed by atoms with Gasteiger partial charge >= 0.3 is 0 Å². The van der Waals surface area contributed by atoms with Crippen LogP contribution in [0, 0.1) is 17.8 Å². The van der Waals surface area contributed by atoms with Crippen LogP contribution in [0.1, 0.15) is 57.6 Å². The van der Waals surface area contributed by atoms with E-state index in [0.717, 1.165) is 29.9 Å². The SMILES string of the molecule is CC(C)c1cnc(-c2ccc(NC(=O)C3CC4CCCC(C3)C4N)cc2)o1. The smallest absolute Gasteiger partial charge is 0.227 e. The Morgan fingerprint density at radius 3 is 2.44 bits per heavy atom. The number of anilines is 1. The molecule has 2 aliphatic rings. The number of carbonyl (C=O) groups is 1. The van der Waals surface area contributed by atoms with Crippen LogP contribution in [0.15, 0.2) is 34.9 Å². The molecule has 27 heavy (non-hydrogen) atoms. The first kappa shape index (κ1) is 18.2. The fourth-order valence-corrected chi connectivity index (χ4v) is 4.63. The molecule has 2 atom stereocenters.